The molecule has 0 aromatic rings. The van der Waals surface area contributed by atoms with Crippen molar-refractivity contribution in [1.82, 2.24) is 0 Å². The molecule has 0 aromatic carbocycles. The lowest BCUT2D eigenvalue weighted by atomic mass is 10.7. The van der Waals surface area contributed by atoms with E-state index in [2.05, 4.69) is 0 Å². The highest BCUT2D eigenvalue weighted by molar-refractivity contribution is 5.73. The van der Waals surface area contributed by atoms with Crippen molar-refractivity contribution in [2.45, 2.75) is 51.5 Å². The highest BCUT2D eigenvalue weighted by Crippen LogP contribution is 1.91. The van der Waals surface area contributed by atoms with Crippen molar-refractivity contribution in [2.24, 2.45) is 11.5 Å². The summed E-state index contributed by atoms with van der Waals surface area (Å²) in [4.78, 5) is 20.4. The number of carbonyl (C=O) groups is 2. The fraction of sp³-hybridized carbons (Fsp3) is 0.800. The van der Waals surface area contributed by atoms with Crippen LogP contribution in [-0.2, 0) is 9.59 Å². The summed E-state index contributed by atoms with van der Waals surface area (Å²) in [6.45, 7) is 2.26. The first-order valence-corrected chi connectivity index (χ1v) is 4.34. The van der Waals surface area contributed by atoms with Crippen LogP contribution in [0.2, 0.25) is 0 Å². The Morgan fingerprint density at radius 3 is 1.38 bits per heavy atom. The first kappa shape index (κ1) is 8.03. The molecular formula is C10H22N2O4. The van der Waals surface area contributed by atoms with Gasteiger partial charge in [0.05, 0.1) is 0 Å². The normalized spacial score (nSPS) is 24.5. The van der Waals surface area contributed by atoms with Crippen molar-refractivity contribution < 1.29 is 28.0 Å². The van der Waals surface area contributed by atoms with Crippen LogP contribution in [0.25, 0.3) is 0 Å². The maximum atomic E-state index is 10.2. The number of hydrogen-bond acceptors (Lipinski definition) is 4. The van der Waals surface area contributed by atoms with Crippen molar-refractivity contribution in [3.8, 4) is 0 Å². The van der Waals surface area contributed by atoms with Crippen LogP contribution in [0.5, 0.6) is 0 Å². The molecular weight excluding hydrogens is 220 g/mol. The van der Waals surface area contributed by atoms with E-state index >= 15 is 0 Å². The van der Waals surface area contributed by atoms with Crippen LogP contribution in [0.15, 0.2) is 0 Å². The minimum absolute atomic E-state index is 1.13. The van der Waals surface area contributed by atoms with Crippen molar-refractivity contribution in [1.29, 1.82) is 0 Å². The number of nitrogens with two attached hydrogens (primary N) is 2. The number of rotatable bonds is 6. The number of carboxylic acid groups (broad SMARTS) is 2. The predicted molar refractivity (Wildman–Crippen MR) is 61.0 cm³/mol. The zero-order valence-electron chi connectivity index (χ0n) is 15.2. The van der Waals surface area contributed by atoms with Crippen LogP contribution in [0.1, 0.15) is 47.6 Å². The van der Waals surface area contributed by atoms with Gasteiger partial charge in [-0.2, -0.15) is 0 Å². The van der Waals surface area contributed by atoms with Crippen molar-refractivity contribution in [3.63, 3.8) is 0 Å². The zero-order chi connectivity index (χ0) is 18.5. The number of hydrogen-bond donors (Lipinski definition) is 4. The lowest BCUT2D eigenvalue weighted by Crippen LogP contribution is -2.29. The number of carboxylic acids is 2. The molecule has 0 radical (unpaired) electrons. The van der Waals surface area contributed by atoms with Crippen LogP contribution < -0.4 is 11.5 Å². The second kappa shape index (κ2) is 10.4. The van der Waals surface area contributed by atoms with E-state index in [4.69, 9.17) is 29.9 Å². The van der Waals surface area contributed by atoms with Gasteiger partial charge in [0.2, 0.25) is 0 Å². The van der Waals surface area contributed by atoms with Crippen molar-refractivity contribution in [3.05, 3.63) is 0 Å². The molecule has 0 fully saturated rings. The molecule has 6 heteroatoms. The van der Waals surface area contributed by atoms with Gasteiger partial charge in [0.15, 0.2) is 0 Å². The molecule has 16 heavy (non-hydrogen) atoms. The average molecular weight is 248 g/mol. The molecule has 6 nitrogen and oxygen atoms in total. The summed E-state index contributed by atoms with van der Waals surface area (Å²) < 4.78 is 42.1. The predicted octanol–water partition coefficient (Wildman–Crippen LogP) is 0.397. The maximum absolute atomic E-state index is 10.2. The smallest absolute Gasteiger partial charge is 0.320 e. The minimum atomic E-state index is -1.88. The second-order valence-electron chi connectivity index (χ2n) is 2.64. The van der Waals surface area contributed by atoms with Crippen LogP contribution in [0.4, 0.5) is 0 Å². The molecule has 0 unspecified atom stereocenters. The Morgan fingerprint density at radius 2 is 1.31 bits per heavy atom. The van der Waals surface area contributed by atoms with Crippen LogP contribution in [-0.4, -0.2) is 34.2 Å². The van der Waals surface area contributed by atoms with Gasteiger partial charge in [-0.1, -0.05) is 26.6 Å². The maximum Gasteiger partial charge on any atom is 0.320 e. The fourth-order valence-electron chi connectivity index (χ4n) is 0.502. The quantitative estimate of drug-likeness (QED) is 0.398. The van der Waals surface area contributed by atoms with Crippen LogP contribution >= 0.6 is 0 Å². The van der Waals surface area contributed by atoms with E-state index in [1.54, 1.807) is 0 Å². The molecule has 0 aromatic heterocycles. The van der Waals surface area contributed by atoms with E-state index in [1.807, 2.05) is 0 Å². The Morgan fingerprint density at radius 1 is 1.06 bits per heavy atom. The Labute approximate surface area is 104 Å². The van der Waals surface area contributed by atoms with E-state index in [1.165, 1.54) is 0 Å². The van der Waals surface area contributed by atoms with E-state index in [0.717, 1.165) is 13.8 Å². The third-order valence-corrected chi connectivity index (χ3v) is 1.26. The topological polar surface area (TPSA) is 127 Å². The first-order valence-electron chi connectivity index (χ1n) is 7.50. The molecule has 0 amide bonds. The van der Waals surface area contributed by atoms with Gasteiger partial charge in [0.25, 0.3) is 0 Å². The van der Waals surface area contributed by atoms with Gasteiger partial charge in [-0.05, 0) is 12.8 Å². The average Bonchev–Trinajstić information content (AvgIpc) is 2.33. The van der Waals surface area contributed by atoms with E-state index in [0.29, 0.717) is 0 Å². The first-order chi connectivity index (χ1) is 9.53. The standard InChI is InChI=1S/2C5H11NO2/c2*1-2-3-4(6)5(7)8/h2*4H,2-3,6H2,1H3,(H,7,8)/t2*4-/m00/s1/i2*2+0D2,3+1D,4+1,5+1,6+1/t2*3-,4+/m11. The summed E-state index contributed by atoms with van der Waals surface area (Å²) in [7, 11) is 0. The Bertz CT molecular complexity index is 349. The van der Waals surface area contributed by atoms with Gasteiger partial charge in [-0.3, -0.25) is 9.59 Å². The highest BCUT2D eigenvalue weighted by Gasteiger charge is 2.08. The molecule has 0 spiro atoms. The highest BCUT2D eigenvalue weighted by atomic mass is 16.5. The van der Waals surface area contributed by atoms with E-state index in [-0.39, 0.29) is 0 Å². The van der Waals surface area contributed by atoms with Gasteiger partial charge in [-0.15, -0.1) is 0 Å². The monoisotopic (exact) mass is 248 g/mol. The van der Waals surface area contributed by atoms with Gasteiger partial charge in [0.1, 0.15) is 12.1 Å². The molecule has 4 atom stereocenters. The Hall–Kier alpha value is -1.14. The fourth-order valence-corrected chi connectivity index (χ4v) is 0.502. The summed E-state index contributed by atoms with van der Waals surface area (Å²) >= 11 is 0. The van der Waals surface area contributed by atoms with Crippen LogP contribution in [0.3, 0.4) is 0 Å². The molecule has 0 heterocycles. The van der Waals surface area contributed by atoms with E-state index in [9.17, 15) is 9.59 Å². The summed E-state index contributed by atoms with van der Waals surface area (Å²) in [5.41, 5.74) is 10.0. The van der Waals surface area contributed by atoms with Gasteiger partial charge >= 0.3 is 11.9 Å². The lowest BCUT2D eigenvalue weighted by molar-refractivity contribution is -0.139. The Balaban J connectivity index is 0. The van der Waals surface area contributed by atoms with Gasteiger partial charge < -0.3 is 21.7 Å². The second-order valence-corrected chi connectivity index (χ2v) is 2.64. The third-order valence-electron chi connectivity index (χ3n) is 1.26. The molecule has 0 aliphatic rings. The van der Waals surface area contributed by atoms with Crippen molar-refractivity contribution >= 4 is 11.9 Å². The molecule has 6 N–H and O–H groups in total. The molecule has 0 bridgehead atoms. The summed E-state index contributed by atoms with van der Waals surface area (Å²) in [5.74, 6) is -2.70. The summed E-state index contributed by atoms with van der Waals surface area (Å²) in [5, 5.41) is 16.6. The number of aliphatic carboxylic acids is 2. The Kier molecular flexibility index (Phi) is 5.21. The summed E-state index contributed by atoms with van der Waals surface area (Å²) in [6, 6.07) is -2.93. The lowest BCUT2D eigenvalue weighted by Gasteiger charge is -2.00. The third kappa shape index (κ3) is 10.9. The zero-order valence-corrected chi connectivity index (χ0v) is 9.18. The molecule has 96 valence electrons. The van der Waals surface area contributed by atoms with Crippen LogP contribution in [0, 0.1) is 0 Å². The molecule has 0 aliphatic heterocycles. The van der Waals surface area contributed by atoms with Crippen molar-refractivity contribution in [2.75, 3.05) is 0 Å². The van der Waals surface area contributed by atoms with Gasteiger partial charge in [-0.25, -0.2) is 0 Å². The molecule has 0 saturated heterocycles. The van der Waals surface area contributed by atoms with E-state index < -0.39 is 49.6 Å². The molecule has 0 aliphatic carbocycles. The largest absolute Gasteiger partial charge is 0.480 e. The SMILES string of the molecule is [2H][13C@@H]([13C@H]([15NH2])[13C](=O)O)[12C]([2H])([2H])C.[2H][13C@@H]([13C@H]([15NH2])[13C](=O)O)[12C]([2H])([2H])C. The summed E-state index contributed by atoms with van der Waals surface area (Å²) in [6.07, 6.45) is -6.62. The molecule has 0 rings (SSSR count). The van der Waals surface area contributed by atoms with Gasteiger partial charge in [0, 0.05) is 8.22 Å². The molecule has 0 saturated carbocycles. The minimum Gasteiger partial charge on any atom is -0.480 e.